The van der Waals surface area contributed by atoms with Crippen molar-refractivity contribution in [3.05, 3.63) is 181 Å². The average molecular weight is 1820 g/mol. The van der Waals surface area contributed by atoms with Crippen LogP contribution in [0.25, 0.3) is 149 Å². The summed E-state index contributed by atoms with van der Waals surface area (Å²) in [7, 11) is 0.148. The van der Waals surface area contributed by atoms with E-state index in [0.717, 1.165) is 122 Å². The Morgan fingerprint density at radius 3 is 1.05 bits per heavy atom. The number of imidazole rings is 5. The molecular formula is C91H104N34O7S. The van der Waals surface area contributed by atoms with Gasteiger partial charge in [-0.15, -0.1) is 0 Å². The molecule has 133 heavy (non-hydrogen) atoms. The predicted octanol–water partition coefficient (Wildman–Crippen LogP) is 12.9. The van der Waals surface area contributed by atoms with Crippen LogP contribution in [-0.2, 0) is 57.1 Å². The summed E-state index contributed by atoms with van der Waals surface area (Å²) >= 11 is 0. The van der Waals surface area contributed by atoms with Gasteiger partial charge in [-0.1, -0.05) is 37.3 Å². The second-order valence-corrected chi connectivity index (χ2v) is 34.7. The molecule has 18 N–H and O–H groups in total. The van der Waals surface area contributed by atoms with Gasteiger partial charge >= 0.3 is 12.1 Å². The van der Waals surface area contributed by atoms with Gasteiger partial charge in [0.05, 0.1) is 89.3 Å². The van der Waals surface area contributed by atoms with Crippen LogP contribution in [0.1, 0.15) is 104 Å². The quantitative estimate of drug-likeness (QED) is 0.0337. The number of anilines is 5. The number of H-pyrrole nitrogens is 8. The average Bonchev–Trinajstić information content (AvgIpc) is 1.66. The highest BCUT2D eigenvalue weighted by Crippen LogP contribution is 2.36. The smallest absolute Gasteiger partial charge is 0.410 e. The maximum Gasteiger partial charge on any atom is 0.410 e. The fraction of sp³-hybridized carbons (Fsp3) is 0.275. The number of ether oxygens (including phenoxy) is 1. The molecule has 0 saturated heterocycles. The Hall–Kier alpha value is -16.3. The summed E-state index contributed by atoms with van der Waals surface area (Å²) < 4.78 is 32.3. The third kappa shape index (κ3) is 20.0. The van der Waals surface area contributed by atoms with Gasteiger partial charge in [-0.25, -0.2) is 72.5 Å². The molecular weight excluding hydrogens is 1710 g/mol. The van der Waals surface area contributed by atoms with Crippen LogP contribution in [0, 0.1) is 6.92 Å². The molecule has 42 heteroatoms. The highest BCUT2D eigenvalue weighted by atomic mass is 32.2. The fourth-order valence-corrected chi connectivity index (χ4v) is 16.2. The monoisotopic (exact) mass is 1820 g/mol. The molecule has 0 unspecified atom stereocenters. The molecule has 686 valence electrons. The summed E-state index contributed by atoms with van der Waals surface area (Å²) in [5.74, 6) is 5.12. The molecule has 0 fully saturated rings. The summed E-state index contributed by atoms with van der Waals surface area (Å²) in [4.78, 5) is 118. The zero-order valence-corrected chi connectivity index (χ0v) is 76.8. The minimum Gasteiger partial charge on any atom is -0.444 e. The number of carbonyl (C=O) groups excluding carboxylic acids is 4. The van der Waals surface area contributed by atoms with Gasteiger partial charge in [0.2, 0.25) is 21.8 Å². The number of hydrogen-bond acceptors (Lipinski definition) is 26. The lowest BCUT2D eigenvalue weighted by atomic mass is 10.1. The van der Waals surface area contributed by atoms with E-state index in [9.17, 15) is 27.6 Å². The largest absolute Gasteiger partial charge is 0.444 e. The number of aryl methyl sites for hydroxylation is 1. The van der Waals surface area contributed by atoms with E-state index in [2.05, 4.69) is 100 Å². The van der Waals surface area contributed by atoms with E-state index in [-0.39, 0.29) is 37.0 Å². The van der Waals surface area contributed by atoms with Gasteiger partial charge in [-0.05, 0) is 146 Å². The Bertz CT molecular complexity index is 7620. The number of benzene rings is 5. The van der Waals surface area contributed by atoms with Crippen LogP contribution in [-0.4, -0.2) is 235 Å². The standard InChI is InChI=1S/C21H25N7O2.C19H22N8O.C18H19N7O.C17H19N7O2S.C16H19N5O/c1-5-28(20(29)30-21(2,3)4)11-16-25-17-13-7-6-12(14-8-9-23-27-14)10-15(13)24-19(22)18(17)26-16;1-4-27(19(28)26(2)3)10-15-23-16-12-6-5-11(13-7-8-21-25-13)9-14(12)22-18(20)17(16)24-15;1-3-25(10(2)26)9-15-22-16-12-5-4-11(13-6-7-20-24-13)8-14(12)21-18(19)17(16)23-15;1-3-23(27(2,25)26)10-14-21-15-12-6-5-11(24-8-4-7-19-24)9-13(12)20-17(18)16(15)22-14;1-4-21(10(3)22)8-13-19-14-11-6-5-9(2)7-12(11)18-16(17)15(14)20-13/h6-10H,5,11H2,1-4H3,(H2,22,24)(H,23,27)(H,25,26);5-9H,4,10H2,1-3H3,(H2,20,22)(H,21,25)(H,23,24);4-8H,3,9H2,1-2H3,(H2,19,21)(H,20,24)(H,22,23);4-9H,3,10H2,1-2H3,(H2,18,20)(H,21,22);5-7H,4,8H2,1-3H3,(H2,17,18)(H,19,20). The van der Waals surface area contributed by atoms with Crippen molar-refractivity contribution >= 4 is 173 Å². The number of hydrogen-bond donors (Lipinski definition) is 13. The Morgan fingerprint density at radius 1 is 0.414 bits per heavy atom. The van der Waals surface area contributed by atoms with Crippen LogP contribution in [0.3, 0.4) is 0 Å². The first-order valence-electron chi connectivity index (χ1n) is 42.9. The molecule has 19 aromatic rings. The SMILES string of the molecule is CCN(Cc1nc2c([nH]1)c(N)nc1cc(-c3ccn[nH]3)ccc12)C(=O)N(C)C.CCN(Cc1nc2c([nH]1)c(N)nc1cc(-c3ccn[nH]3)ccc12)C(=O)OC(C)(C)C.CCN(Cc1nc2c([nH]1)c(N)nc1cc(-c3ccn[nH]3)ccc12)C(C)=O.CCN(Cc1nc2c([nH]1)c(N)nc1cc(-n3cccn3)ccc12)S(C)(=O)=O.CCN(Cc1nc2c([nH]1)c(N)nc1cc(C)ccc12)C(C)=O. The van der Waals surface area contributed by atoms with Crippen LogP contribution in [0.5, 0.6) is 0 Å². The maximum atomic E-state index is 12.5. The number of aromatic nitrogens is 23. The zero-order chi connectivity index (χ0) is 94.6. The third-order valence-corrected chi connectivity index (χ3v) is 23.4. The molecule has 0 atom stereocenters. The van der Waals surface area contributed by atoms with Crippen LogP contribution in [0.15, 0.2) is 146 Å². The highest BCUT2D eigenvalue weighted by molar-refractivity contribution is 7.88. The van der Waals surface area contributed by atoms with Crippen molar-refractivity contribution in [3.63, 3.8) is 0 Å². The van der Waals surface area contributed by atoms with Gasteiger partial charge in [0.25, 0.3) is 0 Å². The van der Waals surface area contributed by atoms with Crippen molar-refractivity contribution in [2.24, 2.45) is 0 Å². The molecule has 0 radical (unpaired) electrons. The van der Waals surface area contributed by atoms with Gasteiger partial charge < -0.3 is 82.8 Å². The summed E-state index contributed by atoms with van der Waals surface area (Å²) in [5.41, 5.74) is 48.6. The number of nitrogens with one attached hydrogen (secondary N) is 8. The van der Waals surface area contributed by atoms with Crippen LogP contribution < -0.4 is 28.7 Å². The maximum absolute atomic E-state index is 12.5. The number of fused-ring (bicyclic) bond motifs is 15. The molecule has 0 aliphatic rings. The first-order chi connectivity index (χ1) is 63.6. The molecule has 14 heterocycles. The van der Waals surface area contributed by atoms with E-state index in [0.29, 0.717) is 144 Å². The van der Waals surface area contributed by atoms with Crippen molar-refractivity contribution in [2.75, 3.05) is 81.7 Å². The van der Waals surface area contributed by atoms with Crippen molar-refractivity contribution in [3.8, 4) is 39.5 Å². The second-order valence-electron chi connectivity index (χ2n) is 32.7. The summed E-state index contributed by atoms with van der Waals surface area (Å²) in [6.45, 7) is 24.5. The van der Waals surface area contributed by atoms with Crippen LogP contribution in [0.4, 0.5) is 38.7 Å². The Labute approximate surface area is 761 Å². The number of aromatic amines is 8. The zero-order valence-electron chi connectivity index (χ0n) is 76.0. The first-order valence-corrected chi connectivity index (χ1v) is 44.7. The lowest BCUT2D eigenvalue weighted by Gasteiger charge is -2.25. The third-order valence-electron chi connectivity index (χ3n) is 22.1. The second kappa shape index (κ2) is 38.2. The van der Waals surface area contributed by atoms with Gasteiger partial charge in [0.15, 0.2) is 0 Å². The number of pyridine rings is 5. The van der Waals surface area contributed by atoms with E-state index in [4.69, 9.17) is 43.4 Å². The minimum atomic E-state index is -3.32. The fourth-order valence-electron chi connectivity index (χ4n) is 15.3. The van der Waals surface area contributed by atoms with E-state index in [1.807, 2.05) is 177 Å². The topological polar surface area (TPSA) is 573 Å². The number of nitrogens with zero attached hydrogens (tertiary/aromatic N) is 21. The highest BCUT2D eigenvalue weighted by Gasteiger charge is 2.27. The molecule has 0 saturated carbocycles. The molecule has 5 amide bonds. The van der Waals surface area contributed by atoms with Crippen LogP contribution in [0.2, 0.25) is 0 Å². The van der Waals surface area contributed by atoms with E-state index in [1.54, 1.807) is 88.8 Å². The van der Waals surface area contributed by atoms with Gasteiger partial charge in [-0.2, -0.15) is 24.7 Å². The number of carbonyl (C=O) groups is 4. The number of sulfonamides is 1. The van der Waals surface area contributed by atoms with Crippen LogP contribution >= 0.6 is 0 Å². The molecule has 0 bridgehead atoms. The first kappa shape index (κ1) is 91.5. The van der Waals surface area contributed by atoms with E-state index in [1.165, 1.54) is 10.6 Å². The Balaban J connectivity index is 0.000000127. The number of nitrogens with two attached hydrogens (primary N) is 5. The molecule has 0 aliphatic carbocycles. The molecule has 0 spiro atoms. The van der Waals surface area contributed by atoms with Gasteiger partial charge in [0, 0.05) is 135 Å². The van der Waals surface area contributed by atoms with E-state index >= 15 is 0 Å². The lowest BCUT2D eigenvalue weighted by Crippen LogP contribution is -2.38. The summed E-state index contributed by atoms with van der Waals surface area (Å²) in [6.07, 6.45) is 9.47. The van der Waals surface area contributed by atoms with Crippen molar-refractivity contribution in [1.82, 2.24) is 144 Å². The molecule has 41 nitrogen and oxygen atoms in total. The number of urea groups is 1. The Morgan fingerprint density at radius 2 is 0.744 bits per heavy atom. The normalized spacial score (nSPS) is 11.6. The Kier molecular flexibility index (Phi) is 26.3. The number of nitrogen functional groups attached to an aromatic ring is 5. The van der Waals surface area contributed by atoms with E-state index < -0.39 is 15.6 Å². The number of rotatable bonds is 20. The molecule has 5 aromatic carbocycles. The molecule has 0 aliphatic heterocycles. The molecule has 14 aromatic heterocycles. The van der Waals surface area contributed by atoms with Crippen molar-refractivity contribution in [2.45, 2.75) is 114 Å². The van der Waals surface area contributed by atoms with Gasteiger partial charge in [0.1, 0.15) is 119 Å². The summed E-state index contributed by atoms with van der Waals surface area (Å²) in [6, 6.07) is 37.0. The predicted molar refractivity (Wildman–Crippen MR) is 516 cm³/mol. The number of amides is 5. The lowest BCUT2D eigenvalue weighted by molar-refractivity contribution is -0.130. The van der Waals surface area contributed by atoms with Crippen molar-refractivity contribution < 1.29 is 32.3 Å². The van der Waals surface area contributed by atoms with Gasteiger partial charge in [-0.3, -0.25) is 24.9 Å². The summed E-state index contributed by atoms with van der Waals surface area (Å²) in [5, 5.41) is 29.5. The van der Waals surface area contributed by atoms with Crippen molar-refractivity contribution in [1.29, 1.82) is 0 Å². The molecule has 19 rings (SSSR count). The minimum absolute atomic E-state index is 0.00751.